The van der Waals surface area contributed by atoms with Crippen LogP contribution in [0.2, 0.25) is 0 Å². The van der Waals surface area contributed by atoms with Crippen LogP contribution in [-0.2, 0) is 0 Å². The summed E-state index contributed by atoms with van der Waals surface area (Å²) in [5.74, 6) is -2.47. The Hall–Kier alpha value is 1.11. The fourth-order valence-corrected chi connectivity index (χ4v) is 0. The van der Waals surface area contributed by atoms with E-state index in [-0.39, 0.29) is 6.92 Å². The van der Waals surface area contributed by atoms with Crippen molar-refractivity contribution in [3.05, 3.63) is 0 Å². The number of hydrogen-bond donors (Lipinski definition) is 0. The molecule has 0 fully saturated rings. The molecule has 0 nitrogen and oxygen atoms in total. The second-order valence-electron chi connectivity index (χ2n) is 3.03. The van der Waals surface area contributed by atoms with Crippen LogP contribution in [0.15, 0.2) is 0 Å². The Kier molecular flexibility index (Phi) is 19.8. The highest BCUT2D eigenvalue weighted by Gasteiger charge is 2.24. The summed E-state index contributed by atoms with van der Waals surface area (Å²) in [6, 6.07) is 0. The molecule has 0 saturated carbocycles. The normalized spacial score (nSPS) is 12.0. The molecule has 0 aliphatic carbocycles. The van der Waals surface area contributed by atoms with Crippen molar-refractivity contribution in [3.63, 3.8) is 0 Å². The number of alkyl halides is 15. The first-order valence-electron chi connectivity index (χ1n) is 4.63. The van der Waals surface area contributed by atoms with Gasteiger partial charge in [0.15, 0.2) is 0 Å². The van der Waals surface area contributed by atoms with Crippen molar-refractivity contribution in [2.75, 3.05) is 17.6 Å². The smallest absolute Gasteiger partial charge is 0.207 e. The second-order valence-corrected chi connectivity index (χ2v) is 5.77. The molecule has 0 aromatic heterocycles. The Morgan fingerprint density at radius 3 is 0.739 bits per heavy atom. The van der Waals surface area contributed by atoms with E-state index in [1.54, 1.807) is 0 Å². The zero-order chi connectivity index (χ0) is 20.1. The molecule has 0 aromatic rings. The van der Waals surface area contributed by atoms with E-state index in [9.17, 15) is 39.5 Å². The number of hydrogen-bond acceptors (Lipinski definition) is 0. The van der Waals surface area contributed by atoms with Crippen LogP contribution in [0.4, 0.5) is 39.5 Å². The van der Waals surface area contributed by atoms with Crippen LogP contribution in [0.5, 0.6) is 0 Å². The Bertz CT molecular complexity index is 215. The van der Waals surface area contributed by atoms with E-state index in [1.807, 2.05) is 0 Å². The lowest BCUT2D eigenvalue weighted by Crippen LogP contribution is -2.07. The highest BCUT2D eigenvalue weighted by Crippen LogP contribution is 2.22. The van der Waals surface area contributed by atoms with E-state index in [2.05, 4.69) is 58.0 Å². The summed E-state index contributed by atoms with van der Waals surface area (Å²) in [4.78, 5) is 0. The fraction of sp³-hybridized carbons (Fsp3) is 1.00. The summed E-state index contributed by atoms with van der Waals surface area (Å²) in [7, 11) is 0. The van der Waals surface area contributed by atoms with Gasteiger partial charge in [0.2, 0.25) is 0 Å². The lowest BCUT2D eigenvalue weighted by Gasteiger charge is -1.98. The molecule has 0 aliphatic rings. The van der Waals surface area contributed by atoms with Gasteiger partial charge in [0.25, 0.3) is 4.59 Å². The average molecular weight is 489 g/mol. The van der Waals surface area contributed by atoms with Crippen LogP contribution in [0.25, 0.3) is 0 Å². The molecule has 0 atom stereocenters. The standard InChI is InChI=1S/C2H2Cl3F.C2H2Cl2F2.C2H2ClF3.C2H3F3/c3*3-1-2(4,5)6;1-2(3,4)5/h3*1H2;1H3. The maximum absolute atomic E-state index is 11.5. The monoisotopic (exact) mass is 486 g/mol. The second kappa shape index (κ2) is 14.3. The maximum Gasteiger partial charge on any atom is 0.402 e. The molecule has 146 valence electrons. The molecule has 0 rings (SSSR count). The van der Waals surface area contributed by atoms with E-state index in [0.29, 0.717) is 0 Å². The Balaban J connectivity index is -0.000000105. The van der Waals surface area contributed by atoms with E-state index in [0.717, 1.165) is 0 Å². The molecule has 15 heteroatoms. The van der Waals surface area contributed by atoms with Crippen LogP contribution in [0, 0.1) is 0 Å². The molecule has 0 spiro atoms. The third-order valence-electron chi connectivity index (χ3n) is 0.455. The summed E-state index contributed by atoms with van der Waals surface area (Å²) >= 11 is 27.4. The van der Waals surface area contributed by atoms with Gasteiger partial charge in [-0.1, -0.05) is 23.2 Å². The molecule has 0 aromatic carbocycles. The quantitative estimate of drug-likeness (QED) is 0.275. The van der Waals surface area contributed by atoms with E-state index >= 15 is 0 Å². The van der Waals surface area contributed by atoms with Crippen molar-refractivity contribution in [3.8, 4) is 0 Å². The zero-order valence-corrected chi connectivity index (χ0v) is 15.3. The van der Waals surface area contributed by atoms with Gasteiger partial charge < -0.3 is 0 Å². The molecule has 23 heavy (non-hydrogen) atoms. The molecule has 0 radical (unpaired) electrons. The molecule has 0 N–H and O–H groups in total. The van der Waals surface area contributed by atoms with Gasteiger partial charge in [-0.3, -0.25) is 0 Å². The zero-order valence-electron chi connectivity index (χ0n) is 10.8. The van der Waals surface area contributed by atoms with Crippen molar-refractivity contribution in [2.24, 2.45) is 0 Å². The van der Waals surface area contributed by atoms with Gasteiger partial charge in [-0.15, -0.1) is 34.8 Å². The molecular formula is C8H9Cl6F9. The predicted octanol–water partition coefficient (Wildman–Crippen LogP) is 7.74. The van der Waals surface area contributed by atoms with E-state index in [4.69, 9.17) is 11.6 Å². The predicted molar refractivity (Wildman–Crippen MR) is 76.3 cm³/mol. The molecule has 0 aliphatic heterocycles. The van der Waals surface area contributed by atoms with Gasteiger partial charge in [0, 0.05) is 6.92 Å². The lowest BCUT2D eigenvalue weighted by atomic mass is 10.8. The average Bonchev–Trinajstić information content (AvgIpc) is 2.25. The summed E-state index contributed by atoms with van der Waals surface area (Å²) in [5, 5.41) is -3.22. The minimum Gasteiger partial charge on any atom is -0.207 e. The third kappa shape index (κ3) is 101. The first-order chi connectivity index (χ1) is 9.68. The van der Waals surface area contributed by atoms with Crippen molar-refractivity contribution in [2.45, 2.75) is 29.2 Å². The van der Waals surface area contributed by atoms with Crippen molar-refractivity contribution in [1.29, 1.82) is 0 Å². The summed E-state index contributed by atoms with van der Waals surface area (Å²) in [6.45, 7) is 0.188. The Labute approximate surface area is 156 Å². The minimum absolute atomic E-state index is 0.188. The third-order valence-corrected chi connectivity index (χ3v) is 2.27. The summed E-state index contributed by atoms with van der Waals surface area (Å²) in [5.41, 5.74) is 0. The Morgan fingerprint density at radius 2 is 0.739 bits per heavy atom. The molecular weight excluding hydrogens is 480 g/mol. The summed E-state index contributed by atoms with van der Waals surface area (Å²) < 4.78 is 94.5. The fourth-order valence-electron chi connectivity index (χ4n) is 0. The molecule has 0 saturated heterocycles. The van der Waals surface area contributed by atoms with E-state index in [1.165, 1.54) is 0 Å². The topological polar surface area (TPSA) is 0 Å². The number of halogens is 15. The lowest BCUT2D eigenvalue weighted by molar-refractivity contribution is -0.110. The first kappa shape index (κ1) is 31.8. The van der Waals surface area contributed by atoms with Crippen molar-refractivity contribution < 1.29 is 39.5 Å². The highest BCUT2D eigenvalue weighted by molar-refractivity contribution is 6.50. The van der Waals surface area contributed by atoms with Crippen LogP contribution >= 0.6 is 69.6 Å². The number of rotatable bonds is 2. The van der Waals surface area contributed by atoms with Gasteiger partial charge in [-0.05, 0) is 11.6 Å². The first-order valence-corrected chi connectivity index (χ1v) is 7.37. The van der Waals surface area contributed by atoms with Gasteiger partial charge in [-0.25, -0.2) is 4.39 Å². The van der Waals surface area contributed by atoms with Crippen molar-refractivity contribution >= 4 is 69.6 Å². The van der Waals surface area contributed by atoms with Crippen LogP contribution < -0.4 is 0 Å². The van der Waals surface area contributed by atoms with Crippen molar-refractivity contribution in [1.82, 2.24) is 0 Å². The van der Waals surface area contributed by atoms with Gasteiger partial charge >= 0.3 is 17.7 Å². The van der Waals surface area contributed by atoms with Crippen LogP contribution in [0.1, 0.15) is 6.92 Å². The van der Waals surface area contributed by atoms with Crippen LogP contribution in [0.3, 0.4) is 0 Å². The maximum atomic E-state index is 11.5. The van der Waals surface area contributed by atoms with Gasteiger partial charge in [-0.2, -0.15) is 35.1 Å². The SMILES string of the molecule is CC(F)(F)F.FC(Cl)(Cl)CCl.FC(F)(Cl)CCl.FC(F)(F)CCl. The van der Waals surface area contributed by atoms with Gasteiger partial charge in [0.1, 0.15) is 11.8 Å². The molecule has 0 bridgehead atoms. The Morgan fingerprint density at radius 1 is 0.609 bits per heavy atom. The molecule has 0 amide bonds. The summed E-state index contributed by atoms with van der Waals surface area (Å²) in [6.07, 6.45) is -8.19. The molecule has 0 heterocycles. The van der Waals surface area contributed by atoms with E-state index < -0.39 is 40.0 Å². The van der Waals surface area contributed by atoms with Crippen LogP contribution in [-0.4, -0.2) is 40.0 Å². The largest absolute Gasteiger partial charge is 0.402 e. The highest BCUT2D eigenvalue weighted by atomic mass is 35.5. The minimum atomic E-state index is -4.19. The van der Waals surface area contributed by atoms with Gasteiger partial charge in [0.05, 0.1) is 5.88 Å². The molecule has 0 unspecified atom stereocenters.